The molecule has 0 N–H and O–H groups in total. The molecule has 0 atom stereocenters. The molecule has 0 aliphatic carbocycles. The van der Waals surface area contributed by atoms with Crippen LogP contribution in [0.1, 0.15) is 24.0 Å². The first-order valence-corrected chi connectivity index (χ1v) is 7.52. The molecule has 1 aliphatic heterocycles. The number of hydrogen-bond acceptors (Lipinski definition) is 2. The monoisotopic (exact) mass is 316 g/mol. The highest BCUT2D eigenvalue weighted by Crippen LogP contribution is 2.35. The van der Waals surface area contributed by atoms with Gasteiger partial charge in [0.05, 0.1) is 4.47 Å². The van der Waals surface area contributed by atoms with Crippen molar-refractivity contribution in [2.45, 2.75) is 26.2 Å². The van der Waals surface area contributed by atoms with Crippen LogP contribution in [0.25, 0.3) is 0 Å². The maximum atomic E-state index is 4.62. The molecule has 98 valence electrons. The normalized spacial score (nSPS) is 14.9. The maximum absolute atomic E-state index is 4.62. The zero-order chi connectivity index (χ0) is 13.2. The van der Waals surface area contributed by atoms with Crippen LogP contribution in [-0.4, -0.2) is 11.5 Å². The van der Waals surface area contributed by atoms with Crippen molar-refractivity contribution < 1.29 is 0 Å². The highest BCUT2D eigenvalue weighted by Gasteiger charge is 2.19. The van der Waals surface area contributed by atoms with Gasteiger partial charge in [-0.05, 0) is 65.4 Å². The first-order chi connectivity index (χ1) is 9.25. The summed E-state index contributed by atoms with van der Waals surface area (Å²) in [5.74, 6) is 1.03. The van der Waals surface area contributed by atoms with Crippen LogP contribution in [0.4, 0.5) is 11.5 Å². The van der Waals surface area contributed by atoms with Gasteiger partial charge in [0.15, 0.2) is 0 Å². The largest absolute Gasteiger partial charge is 0.325 e. The van der Waals surface area contributed by atoms with E-state index < -0.39 is 0 Å². The molecular weight excluding hydrogens is 300 g/mol. The molecule has 2 heterocycles. The van der Waals surface area contributed by atoms with E-state index in [4.69, 9.17) is 0 Å². The lowest BCUT2D eigenvalue weighted by molar-refractivity contribution is 0.757. The van der Waals surface area contributed by atoms with E-state index in [-0.39, 0.29) is 0 Å². The van der Waals surface area contributed by atoms with Crippen molar-refractivity contribution in [3.63, 3.8) is 0 Å². The van der Waals surface area contributed by atoms with E-state index in [9.17, 15) is 0 Å². The molecule has 0 unspecified atom stereocenters. The van der Waals surface area contributed by atoms with Crippen LogP contribution in [0.3, 0.4) is 0 Å². The highest BCUT2D eigenvalue weighted by atomic mass is 79.9. The average molecular weight is 317 g/mol. The predicted molar refractivity (Wildman–Crippen MR) is 83.1 cm³/mol. The number of aryl methyl sites for hydroxylation is 2. The van der Waals surface area contributed by atoms with Crippen LogP contribution in [0.5, 0.6) is 0 Å². The molecule has 1 aromatic carbocycles. The summed E-state index contributed by atoms with van der Waals surface area (Å²) in [4.78, 5) is 6.96. The number of fused-ring (bicyclic) bond motifs is 1. The lowest BCUT2D eigenvalue weighted by Gasteiger charge is -2.25. The Morgan fingerprint density at radius 3 is 2.89 bits per heavy atom. The molecule has 0 fully saturated rings. The second-order valence-corrected chi connectivity index (χ2v) is 5.91. The van der Waals surface area contributed by atoms with Gasteiger partial charge in [-0.15, -0.1) is 0 Å². The Morgan fingerprint density at radius 2 is 2.05 bits per heavy atom. The van der Waals surface area contributed by atoms with E-state index in [0.29, 0.717) is 0 Å². The number of pyridine rings is 1. The van der Waals surface area contributed by atoms with Crippen molar-refractivity contribution in [2.24, 2.45) is 0 Å². The summed E-state index contributed by atoms with van der Waals surface area (Å²) in [5, 5.41) is 0. The number of halogens is 1. The Bertz CT molecular complexity index is 595. The Labute approximate surface area is 122 Å². The van der Waals surface area contributed by atoms with Gasteiger partial charge < -0.3 is 4.90 Å². The van der Waals surface area contributed by atoms with E-state index in [1.807, 2.05) is 6.20 Å². The summed E-state index contributed by atoms with van der Waals surface area (Å²) in [6.45, 7) is 3.10. The molecule has 0 bridgehead atoms. The third kappa shape index (κ3) is 2.52. The van der Waals surface area contributed by atoms with Gasteiger partial charge in [-0.2, -0.15) is 0 Å². The van der Waals surface area contributed by atoms with Crippen LogP contribution in [0.15, 0.2) is 41.0 Å². The average Bonchev–Trinajstić information content (AvgIpc) is 2.61. The minimum absolute atomic E-state index is 1.03. The standard InChI is InChI=1S/C16H17BrN2/c1-12-10-14(17)16(18-11-12)19-9-5-4-7-13-6-2-3-8-15(13)19/h2-3,6,8,10-11H,4-5,7,9H2,1H3. The van der Waals surface area contributed by atoms with Gasteiger partial charge in [0, 0.05) is 18.4 Å². The minimum atomic E-state index is 1.03. The zero-order valence-electron chi connectivity index (χ0n) is 11.1. The number of rotatable bonds is 1. The van der Waals surface area contributed by atoms with E-state index in [0.717, 1.165) is 23.3 Å². The fraction of sp³-hybridized carbons (Fsp3) is 0.312. The summed E-state index contributed by atoms with van der Waals surface area (Å²) >= 11 is 3.66. The van der Waals surface area contributed by atoms with Gasteiger partial charge >= 0.3 is 0 Å². The van der Waals surface area contributed by atoms with Crippen molar-refractivity contribution in [1.82, 2.24) is 4.98 Å². The molecule has 3 rings (SSSR count). The van der Waals surface area contributed by atoms with Gasteiger partial charge in [0.2, 0.25) is 0 Å². The SMILES string of the molecule is Cc1cnc(N2CCCCc3ccccc32)c(Br)c1. The number of nitrogens with zero attached hydrogens (tertiary/aromatic N) is 2. The third-order valence-electron chi connectivity index (χ3n) is 3.57. The number of benzene rings is 1. The highest BCUT2D eigenvalue weighted by molar-refractivity contribution is 9.10. The van der Waals surface area contributed by atoms with Gasteiger partial charge in [-0.25, -0.2) is 4.98 Å². The fourth-order valence-corrected chi connectivity index (χ4v) is 3.31. The van der Waals surface area contributed by atoms with Crippen molar-refractivity contribution in [1.29, 1.82) is 0 Å². The Kier molecular flexibility index (Phi) is 3.56. The van der Waals surface area contributed by atoms with Gasteiger partial charge in [0.25, 0.3) is 0 Å². The van der Waals surface area contributed by atoms with Crippen LogP contribution in [0, 0.1) is 6.92 Å². The lowest BCUT2D eigenvalue weighted by atomic mass is 10.1. The van der Waals surface area contributed by atoms with Gasteiger partial charge in [-0.3, -0.25) is 0 Å². The van der Waals surface area contributed by atoms with E-state index in [1.54, 1.807) is 0 Å². The maximum Gasteiger partial charge on any atom is 0.147 e. The Hall–Kier alpha value is -1.35. The number of anilines is 2. The van der Waals surface area contributed by atoms with Crippen LogP contribution < -0.4 is 4.90 Å². The van der Waals surface area contributed by atoms with Crippen LogP contribution >= 0.6 is 15.9 Å². The summed E-state index contributed by atoms with van der Waals surface area (Å²) < 4.78 is 1.07. The molecule has 0 radical (unpaired) electrons. The van der Waals surface area contributed by atoms with Crippen LogP contribution in [0.2, 0.25) is 0 Å². The summed E-state index contributed by atoms with van der Waals surface area (Å²) in [5.41, 5.74) is 3.91. The van der Waals surface area contributed by atoms with E-state index in [1.165, 1.54) is 29.7 Å². The lowest BCUT2D eigenvalue weighted by Crippen LogP contribution is -2.19. The molecule has 0 amide bonds. The smallest absolute Gasteiger partial charge is 0.147 e. The van der Waals surface area contributed by atoms with E-state index in [2.05, 4.69) is 63.1 Å². The number of para-hydroxylation sites is 1. The Morgan fingerprint density at radius 1 is 1.21 bits per heavy atom. The molecular formula is C16H17BrN2. The minimum Gasteiger partial charge on any atom is -0.325 e. The van der Waals surface area contributed by atoms with Crippen molar-refractivity contribution in [3.05, 3.63) is 52.1 Å². The molecule has 0 saturated carbocycles. The molecule has 3 heteroatoms. The van der Waals surface area contributed by atoms with Crippen LogP contribution in [-0.2, 0) is 6.42 Å². The first-order valence-electron chi connectivity index (χ1n) is 6.73. The van der Waals surface area contributed by atoms with Gasteiger partial charge in [-0.1, -0.05) is 18.2 Å². The summed E-state index contributed by atoms with van der Waals surface area (Å²) in [6, 6.07) is 10.8. The van der Waals surface area contributed by atoms with Gasteiger partial charge in [0.1, 0.15) is 5.82 Å². The first kappa shape index (κ1) is 12.7. The topological polar surface area (TPSA) is 16.1 Å². The fourth-order valence-electron chi connectivity index (χ4n) is 2.64. The molecule has 2 aromatic rings. The Balaban J connectivity index is 2.09. The van der Waals surface area contributed by atoms with E-state index >= 15 is 0 Å². The number of hydrogen-bond donors (Lipinski definition) is 0. The molecule has 0 spiro atoms. The van der Waals surface area contributed by atoms with Crippen molar-refractivity contribution in [3.8, 4) is 0 Å². The summed E-state index contributed by atoms with van der Waals surface area (Å²) in [6.07, 6.45) is 5.55. The second-order valence-electron chi connectivity index (χ2n) is 5.06. The zero-order valence-corrected chi connectivity index (χ0v) is 12.7. The molecule has 1 aliphatic rings. The molecule has 1 aromatic heterocycles. The molecule has 2 nitrogen and oxygen atoms in total. The second kappa shape index (κ2) is 5.33. The predicted octanol–water partition coefficient (Wildman–Crippen LogP) is 4.63. The van der Waals surface area contributed by atoms with Crippen molar-refractivity contribution in [2.75, 3.05) is 11.4 Å². The molecule has 0 saturated heterocycles. The quantitative estimate of drug-likeness (QED) is 0.762. The molecule has 19 heavy (non-hydrogen) atoms. The summed E-state index contributed by atoms with van der Waals surface area (Å²) in [7, 11) is 0. The number of aromatic nitrogens is 1. The third-order valence-corrected chi connectivity index (χ3v) is 4.16. The van der Waals surface area contributed by atoms with Crippen molar-refractivity contribution >= 4 is 27.4 Å².